The molecule has 1 fully saturated rings. The van der Waals surface area contributed by atoms with E-state index in [0.717, 1.165) is 55.4 Å². The van der Waals surface area contributed by atoms with E-state index in [1.54, 1.807) is 0 Å². The Labute approximate surface area is 180 Å². The number of nitrogens with one attached hydrogen (secondary N) is 1. The molecule has 1 aliphatic rings. The van der Waals surface area contributed by atoms with Crippen LogP contribution in [-0.4, -0.2) is 17.3 Å². The fourth-order valence-corrected chi connectivity index (χ4v) is 4.23. The zero-order chi connectivity index (χ0) is 20.2. The summed E-state index contributed by atoms with van der Waals surface area (Å²) in [6.07, 6.45) is 0.272. The minimum atomic E-state index is -4.33. The van der Waals surface area contributed by atoms with Gasteiger partial charge in [-0.2, -0.15) is 13.2 Å². The van der Waals surface area contributed by atoms with Gasteiger partial charge in [0.05, 0.1) is 11.2 Å². The lowest BCUT2D eigenvalue weighted by Gasteiger charge is -2.40. The molecule has 0 amide bonds. The van der Waals surface area contributed by atoms with Crippen LogP contribution >= 0.6 is 24.0 Å². The standard InChI is InChI=1S/C22H25ClF3NO.ClH/c23-19-6-4-5-17(13-19)20(21(28)11-2-1-3-12-21)15-27-14-16-7-9-18(10-8-16)22(24,25)26;/h4-10,13,20,27-28H,1-3,11-12,14-15H2;1H. The molecule has 2 nitrogen and oxygen atoms in total. The van der Waals surface area contributed by atoms with Crippen molar-refractivity contribution >= 4 is 24.0 Å². The van der Waals surface area contributed by atoms with E-state index in [1.807, 2.05) is 24.3 Å². The topological polar surface area (TPSA) is 32.3 Å². The zero-order valence-electron chi connectivity index (χ0n) is 16.0. The molecule has 0 spiro atoms. The van der Waals surface area contributed by atoms with E-state index in [0.29, 0.717) is 18.1 Å². The van der Waals surface area contributed by atoms with Crippen LogP contribution in [0, 0.1) is 0 Å². The Morgan fingerprint density at radius 1 is 1.03 bits per heavy atom. The van der Waals surface area contributed by atoms with Crippen LogP contribution in [0.2, 0.25) is 5.02 Å². The van der Waals surface area contributed by atoms with E-state index in [-0.39, 0.29) is 18.3 Å². The largest absolute Gasteiger partial charge is 0.416 e. The second-order valence-corrected chi connectivity index (χ2v) is 8.03. The van der Waals surface area contributed by atoms with Crippen molar-refractivity contribution in [2.75, 3.05) is 6.54 Å². The van der Waals surface area contributed by atoms with Crippen molar-refractivity contribution in [2.45, 2.75) is 56.3 Å². The van der Waals surface area contributed by atoms with E-state index < -0.39 is 17.3 Å². The first-order valence-electron chi connectivity index (χ1n) is 9.63. The highest BCUT2D eigenvalue weighted by atomic mass is 35.5. The van der Waals surface area contributed by atoms with Gasteiger partial charge in [0.2, 0.25) is 0 Å². The fraction of sp³-hybridized carbons (Fsp3) is 0.455. The van der Waals surface area contributed by atoms with Crippen LogP contribution in [0.25, 0.3) is 0 Å². The Bertz CT molecular complexity index is 774. The fourth-order valence-electron chi connectivity index (χ4n) is 4.03. The average molecular weight is 448 g/mol. The van der Waals surface area contributed by atoms with Gasteiger partial charge < -0.3 is 10.4 Å². The van der Waals surface area contributed by atoms with E-state index >= 15 is 0 Å². The number of benzene rings is 2. The Hall–Kier alpha value is -1.27. The van der Waals surface area contributed by atoms with Gasteiger partial charge in [-0.15, -0.1) is 12.4 Å². The van der Waals surface area contributed by atoms with Gasteiger partial charge >= 0.3 is 6.18 Å². The highest BCUT2D eigenvalue weighted by molar-refractivity contribution is 6.30. The van der Waals surface area contributed by atoms with Crippen LogP contribution in [0.1, 0.15) is 54.7 Å². The third-order valence-electron chi connectivity index (χ3n) is 5.58. The van der Waals surface area contributed by atoms with Gasteiger partial charge in [-0.25, -0.2) is 0 Å². The lowest BCUT2D eigenvalue weighted by molar-refractivity contribution is -0.137. The number of hydrogen-bond donors (Lipinski definition) is 2. The van der Waals surface area contributed by atoms with Crippen molar-refractivity contribution < 1.29 is 18.3 Å². The molecule has 160 valence electrons. The molecule has 0 saturated heterocycles. The first kappa shape index (κ1) is 24.0. The minimum Gasteiger partial charge on any atom is -0.389 e. The molecule has 7 heteroatoms. The third-order valence-corrected chi connectivity index (χ3v) is 5.81. The molecular weight excluding hydrogens is 422 g/mol. The van der Waals surface area contributed by atoms with E-state index in [1.165, 1.54) is 12.1 Å². The summed E-state index contributed by atoms with van der Waals surface area (Å²) in [5.74, 6) is -0.124. The molecule has 2 aromatic rings. The van der Waals surface area contributed by atoms with Gasteiger partial charge in [0.25, 0.3) is 0 Å². The predicted octanol–water partition coefficient (Wildman–Crippen LogP) is 6.35. The average Bonchev–Trinajstić information content (AvgIpc) is 2.65. The van der Waals surface area contributed by atoms with Gasteiger partial charge in [0.15, 0.2) is 0 Å². The van der Waals surface area contributed by atoms with Crippen molar-refractivity contribution in [1.82, 2.24) is 5.32 Å². The molecule has 0 aromatic heterocycles. The van der Waals surface area contributed by atoms with Crippen LogP contribution in [-0.2, 0) is 12.7 Å². The van der Waals surface area contributed by atoms with Crippen molar-refractivity contribution in [2.24, 2.45) is 0 Å². The van der Waals surface area contributed by atoms with Crippen LogP contribution in [0.5, 0.6) is 0 Å². The summed E-state index contributed by atoms with van der Waals surface area (Å²) < 4.78 is 38.1. The Morgan fingerprint density at radius 2 is 1.69 bits per heavy atom. The Kier molecular flexibility index (Phi) is 8.41. The molecule has 3 rings (SSSR count). The molecular formula is C22H26Cl2F3NO. The van der Waals surface area contributed by atoms with E-state index in [4.69, 9.17) is 11.6 Å². The van der Waals surface area contributed by atoms with Gasteiger partial charge in [-0.3, -0.25) is 0 Å². The smallest absolute Gasteiger partial charge is 0.389 e. The van der Waals surface area contributed by atoms with Crippen molar-refractivity contribution in [3.63, 3.8) is 0 Å². The molecule has 2 N–H and O–H groups in total. The zero-order valence-corrected chi connectivity index (χ0v) is 17.6. The maximum atomic E-state index is 12.7. The molecule has 0 aliphatic heterocycles. The third kappa shape index (κ3) is 6.35. The number of halogens is 5. The molecule has 1 aliphatic carbocycles. The maximum absolute atomic E-state index is 12.7. The molecule has 0 radical (unpaired) electrons. The minimum absolute atomic E-state index is 0. The number of hydrogen-bond acceptors (Lipinski definition) is 2. The Balaban J connectivity index is 0.00000300. The second kappa shape index (κ2) is 10.2. The van der Waals surface area contributed by atoms with Crippen molar-refractivity contribution in [1.29, 1.82) is 0 Å². The van der Waals surface area contributed by atoms with Crippen LogP contribution in [0.15, 0.2) is 48.5 Å². The van der Waals surface area contributed by atoms with Gasteiger partial charge in [0.1, 0.15) is 0 Å². The normalized spacial score (nSPS) is 17.4. The SMILES string of the molecule is Cl.OC1(C(CNCc2ccc(C(F)(F)F)cc2)c2cccc(Cl)c2)CCCCC1. The number of rotatable bonds is 6. The van der Waals surface area contributed by atoms with E-state index in [2.05, 4.69) is 5.32 Å². The van der Waals surface area contributed by atoms with Crippen LogP contribution < -0.4 is 5.32 Å². The molecule has 0 bridgehead atoms. The number of aliphatic hydroxyl groups is 1. The lowest BCUT2D eigenvalue weighted by atomic mass is 9.72. The van der Waals surface area contributed by atoms with Crippen molar-refractivity contribution in [3.8, 4) is 0 Å². The predicted molar refractivity (Wildman–Crippen MR) is 113 cm³/mol. The van der Waals surface area contributed by atoms with Crippen LogP contribution in [0.4, 0.5) is 13.2 Å². The monoisotopic (exact) mass is 447 g/mol. The molecule has 1 saturated carbocycles. The van der Waals surface area contributed by atoms with Gasteiger partial charge in [0, 0.05) is 24.0 Å². The quantitative estimate of drug-likeness (QED) is 0.540. The second-order valence-electron chi connectivity index (χ2n) is 7.60. The summed E-state index contributed by atoms with van der Waals surface area (Å²) in [6, 6.07) is 12.7. The first-order valence-corrected chi connectivity index (χ1v) is 10.0. The summed E-state index contributed by atoms with van der Waals surface area (Å²) in [4.78, 5) is 0. The molecule has 2 aromatic carbocycles. The summed E-state index contributed by atoms with van der Waals surface area (Å²) >= 11 is 6.16. The highest BCUT2D eigenvalue weighted by Crippen LogP contribution is 2.40. The highest BCUT2D eigenvalue weighted by Gasteiger charge is 2.38. The summed E-state index contributed by atoms with van der Waals surface area (Å²) in [7, 11) is 0. The summed E-state index contributed by atoms with van der Waals surface area (Å²) in [5, 5.41) is 15.2. The molecule has 0 heterocycles. The van der Waals surface area contributed by atoms with Crippen LogP contribution in [0.3, 0.4) is 0 Å². The molecule has 1 atom stereocenters. The molecule has 1 unspecified atom stereocenters. The van der Waals surface area contributed by atoms with Crippen molar-refractivity contribution in [3.05, 3.63) is 70.2 Å². The molecule has 29 heavy (non-hydrogen) atoms. The summed E-state index contributed by atoms with van der Waals surface area (Å²) in [5.41, 5.74) is 0.311. The number of alkyl halides is 3. The first-order chi connectivity index (χ1) is 13.3. The van der Waals surface area contributed by atoms with Gasteiger partial charge in [-0.05, 0) is 48.2 Å². The van der Waals surface area contributed by atoms with E-state index in [9.17, 15) is 18.3 Å². The summed E-state index contributed by atoms with van der Waals surface area (Å²) in [6.45, 7) is 0.961. The Morgan fingerprint density at radius 3 is 2.28 bits per heavy atom. The van der Waals surface area contributed by atoms with Gasteiger partial charge in [-0.1, -0.05) is 55.1 Å². The maximum Gasteiger partial charge on any atom is 0.416 e. The lowest BCUT2D eigenvalue weighted by Crippen LogP contribution is -2.43.